The molecule has 0 radical (unpaired) electrons. The summed E-state index contributed by atoms with van der Waals surface area (Å²) in [5, 5.41) is 4.06. The van der Waals surface area contributed by atoms with Crippen LogP contribution in [0.5, 0.6) is 0 Å². The standard InChI is InChI=1S/C21H21N3O2/c1-14(19-13-15-7-3-6-10-18(15)26-19)22-21(25)12-11-20-23-16-8-4-5-9-17(16)24(20)2/h3-10,13-14H,11-12H2,1-2H3,(H,22,25). The Morgan fingerprint density at radius 2 is 1.96 bits per heavy atom. The molecule has 0 aliphatic heterocycles. The first kappa shape index (κ1) is 16.4. The van der Waals surface area contributed by atoms with Crippen molar-refractivity contribution in [2.24, 2.45) is 7.05 Å². The summed E-state index contributed by atoms with van der Waals surface area (Å²) in [5.41, 5.74) is 2.88. The van der Waals surface area contributed by atoms with Gasteiger partial charge in [0, 0.05) is 25.3 Å². The van der Waals surface area contributed by atoms with Gasteiger partial charge in [0.05, 0.1) is 17.1 Å². The van der Waals surface area contributed by atoms with Crippen LogP contribution < -0.4 is 5.32 Å². The van der Waals surface area contributed by atoms with Crippen LogP contribution in [-0.4, -0.2) is 15.5 Å². The van der Waals surface area contributed by atoms with Gasteiger partial charge in [-0.25, -0.2) is 4.98 Å². The van der Waals surface area contributed by atoms with Crippen molar-refractivity contribution in [3.05, 3.63) is 66.2 Å². The fourth-order valence-electron chi connectivity index (χ4n) is 3.24. The number of fused-ring (bicyclic) bond motifs is 2. The predicted octanol–water partition coefficient (Wildman–Crippen LogP) is 4.13. The molecule has 0 spiro atoms. The van der Waals surface area contributed by atoms with Gasteiger partial charge in [0.25, 0.3) is 0 Å². The summed E-state index contributed by atoms with van der Waals surface area (Å²) in [7, 11) is 1.99. The summed E-state index contributed by atoms with van der Waals surface area (Å²) in [6.45, 7) is 1.94. The Hall–Kier alpha value is -3.08. The second kappa shape index (κ2) is 6.67. The molecule has 132 valence electrons. The van der Waals surface area contributed by atoms with E-state index in [1.54, 1.807) is 0 Å². The smallest absolute Gasteiger partial charge is 0.221 e. The van der Waals surface area contributed by atoms with Crippen LogP contribution in [0.3, 0.4) is 0 Å². The number of hydrogen-bond donors (Lipinski definition) is 1. The maximum Gasteiger partial charge on any atom is 0.221 e. The van der Waals surface area contributed by atoms with Gasteiger partial charge in [-0.1, -0.05) is 30.3 Å². The molecule has 4 rings (SSSR count). The third kappa shape index (κ3) is 3.08. The molecule has 4 aromatic rings. The topological polar surface area (TPSA) is 60.1 Å². The van der Waals surface area contributed by atoms with E-state index in [9.17, 15) is 4.79 Å². The van der Waals surface area contributed by atoms with Crippen LogP contribution in [0.2, 0.25) is 0 Å². The summed E-state index contributed by atoms with van der Waals surface area (Å²) in [6.07, 6.45) is 0.992. The fraction of sp³-hybridized carbons (Fsp3) is 0.238. The Bertz CT molecular complexity index is 1040. The van der Waals surface area contributed by atoms with Crippen LogP contribution in [0.1, 0.15) is 31.0 Å². The number of carbonyl (C=O) groups is 1. The average Bonchev–Trinajstić information content (AvgIpc) is 3.22. The molecule has 0 saturated heterocycles. The predicted molar refractivity (Wildman–Crippen MR) is 102 cm³/mol. The normalized spacial score (nSPS) is 12.5. The van der Waals surface area contributed by atoms with Crippen molar-refractivity contribution < 1.29 is 9.21 Å². The number of carbonyl (C=O) groups excluding carboxylic acids is 1. The van der Waals surface area contributed by atoms with E-state index in [0.717, 1.165) is 33.6 Å². The third-order valence-corrected chi connectivity index (χ3v) is 4.70. The van der Waals surface area contributed by atoms with Gasteiger partial charge in [0.2, 0.25) is 5.91 Å². The molecule has 1 amide bonds. The van der Waals surface area contributed by atoms with Crippen molar-refractivity contribution in [3.63, 3.8) is 0 Å². The number of aryl methyl sites for hydroxylation is 2. The number of hydrogen-bond acceptors (Lipinski definition) is 3. The SMILES string of the molecule is CC(NC(=O)CCc1nc2ccccc2n1C)c1cc2ccccc2o1. The number of para-hydroxylation sites is 3. The molecule has 1 unspecified atom stereocenters. The number of rotatable bonds is 5. The highest BCUT2D eigenvalue weighted by Gasteiger charge is 2.15. The first-order valence-electron chi connectivity index (χ1n) is 8.80. The van der Waals surface area contributed by atoms with Crippen molar-refractivity contribution in [3.8, 4) is 0 Å². The molecule has 2 aromatic carbocycles. The fourth-order valence-corrected chi connectivity index (χ4v) is 3.24. The molecule has 5 nitrogen and oxygen atoms in total. The molecule has 1 atom stereocenters. The van der Waals surface area contributed by atoms with Gasteiger partial charge >= 0.3 is 0 Å². The first-order chi connectivity index (χ1) is 12.6. The zero-order valence-corrected chi connectivity index (χ0v) is 14.9. The lowest BCUT2D eigenvalue weighted by atomic mass is 10.2. The van der Waals surface area contributed by atoms with E-state index < -0.39 is 0 Å². The number of nitrogens with zero attached hydrogens (tertiary/aromatic N) is 2. The summed E-state index contributed by atoms with van der Waals surface area (Å²) >= 11 is 0. The van der Waals surface area contributed by atoms with Crippen LogP contribution >= 0.6 is 0 Å². The van der Waals surface area contributed by atoms with Gasteiger partial charge in [-0.2, -0.15) is 0 Å². The van der Waals surface area contributed by atoms with E-state index in [-0.39, 0.29) is 11.9 Å². The Morgan fingerprint density at radius 3 is 2.77 bits per heavy atom. The Morgan fingerprint density at radius 1 is 1.19 bits per heavy atom. The van der Waals surface area contributed by atoms with Gasteiger partial charge in [-0.05, 0) is 31.2 Å². The minimum atomic E-state index is -0.171. The molecule has 0 fully saturated rings. The lowest BCUT2D eigenvalue weighted by Gasteiger charge is -2.11. The van der Waals surface area contributed by atoms with Gasteiger partial charge < -0.3 is 14.3 Å². The van der Waals surface area contributed by atoms with Crippen LogP contribution in [0.4, 0.5) is 0 Å². The van der Waals surface area contributed by atoms with Crippen molar-refractivity contribution in [2.75, 3.05) is 0 Å². The van der Waals surface area contributed by atoms with Crippen LogP contribution in [-0.2, 0) is 18.3 Å². The minimum Gasteiger partial charge on any atom is -0.459 e. The number of amides is 1. The maximum absolute atomic E-state index is 12.4. The highest BCUT2D eigenvalue weighted by atomic mass is 16.3. The Balaban J connectivity index is 1.40. The number of aromatic nitrogens is 2. The summed E-state index contributed by atoms with van der Waals surface area (Å²) in [5.74, 6) is 1.67. The molecule has 5 heteroatoms. The van der Waals surface area contributed by atoms with E-state index in [1.165, 1.54) is 0 Å². The summed E-state index contributed by atoms with van der Waals surface area (Å²) < 4.78 is 7.87. The monoisotopic (exact) mass is 347 g/mol. The van der Waals surface area contributed by atoms with E-state index in [2.05, 4.69) is 10.3 Å². The van der Waals surface area contributed by atoms with Crippen LogP contribution in [0.25, 0.3) is 22.0 Å². The van der Waals surface area contributed by atoms with E-state index in [4.69, 9.17) is 4.42 Å². The van der Waals surface area contributed by atoms with Crippen molar-refractivity contribution in [1.29, 1.82) is 0 Å². The lowest BCUT2D eigenvalue weighted by molar-refractivity contribution is -0.121. The molecule has 0 aliphatic carbocycles. The van der Waals surface area contributed by atoms with Crippen molar-refractivity contribution in [1.82, 2.24) is 14.9 Å². The quantitative estimate of drug-likeness (QED) is 0.590. The molecule has 0 bridgehead atoms. The third-order valence-electron chi connectivity index (χ3n) is 4.70. The largest absolute Gasteiger partial charge is 0.459 e. The van der Waals surface area contributed by atoms with Gasteiger partial charge in [-0.3, -0.25) is 4.79 Å². The Labute approximate surface area is 151 Å². The maximum atomic E-state index is 12.4. The Kier molecular flexibility index (Phi) is 4.21. The van der Waals surface area contributed by atoms with Gasteiger partial charge in [0.1, 0.15) is 17.2 Å². The van der Waals surface area contributed by atoms with E-state index in [0.29, 0.717) is 12.8 Å². The second-order valence-corrected chi connectivity index (χ2v) is 6.55. The lowest BCUT2D eigenvalue weighted by Crippen LogP contribution is -2.26. The number of imidazole rings is 1. The summed E-state index contributed by atoms with van der Waals surface area (Å²) in [6, 6.07) is 17.6. The highest BCUT2D eigenvalue weighted by molar-refractivity contribution is 5.79. The molecule has 0 saturated carbocycles. The minimum absolute atomic E-state index is 0.00925. The van der Waals surface area contributed by atoms with Crippen molar-refractivity contribution in [2.45, 2.75) is 25.8 Å². The summed E-state index contributed by atoms with van der Waals surface area (Å²) in [4.78, 5) is 17.0. The van der Waals surface area contributed by atoms with E-state index >= 15 is 0 Å². The van der Waals surface area contributed by atoms with Crippen LogP contribution in [0.15, 0.2) is 59.0 Å². The van der Waals surface area contributed by atoms with Crippen molar-refractivity contribution >= 4 is 27.9 Å². The zero-order valence-electron chi connectivity index (χ0n) is 14.9. The first-order valence-corrected chi connectivity index (χ1v) is 8.80. The zero-order chi connectivity index (χ0) is 18.1. The molecule has 1 N–H and O–H groups in total. The van der Waals surface area contributed by atoms with Gasteiger partial charge in [-0.15, -0.1) is 0 Å². The number of benzene rings is 2. The van der Waals surface area contributed by atoms with Crippen LogP contribution in [0, 0.1) is 0 Å². The molecular weight excluding hydrogens is 326 g/mol. The van der Waals surface area contributed by atoms with E-state index in [1.807, 2.05) is 73.1 Å². The average molecular weight is 347 g/mol. The molecule has 2 heterocycles. The molecular formula is C21H21N3O2. The van der Waals surface area contributed by atoms with Gasteiger partial charge in [0.15, 0.2) is 0 Å². The number of furan rings is 1. The molecule has 0 aliphatic rings. The molecule has 2 aromatic heterocycles. The number of nitrogens with one attached hydrogen (secondary N) is 1. The highest BCUT2D eigenvalue weighted by Crippen LogP contribution is 2.23. The second-order valence-electron chi connectivity index (χ2n) is 6.55. The molecule has 26 heavy (non-hydrogen) atoms.